The smallest absolute Gasteiger partial charge is 0.274 e. The van der Waals surface area contributed by atoms with E-state index in [1.54, 1.807) is 11.1 Å². The second-order valence-corrected chi connectivity index (χ2v) is 5.76. The number of hydrogen-bond acceptors (Lipinski definition) is 4. The molecule has 0 radical (unpaired) electrons. The summed E-state index contributed by atoms with van der Waals surface area (Å²) < 4.78 is 0. The number of rotatable bonds is 6. The summed E-state index contributed by atoms with van der Waals surface area (Å²) in [6.45, 7) is 11.7. The molecule has 0 aromatic carbocycles. The maximum atomic E-state index is 12.5. The molecule has 112 valence electrons. The summed E-state index contributed by atoms with van der Waals surface area (Å²) >= 11 is 0. The molecule has 0 aliphatic heterocycles. The molecule has 0 bridgehead atoms. The molecule has 1 aromatic rings. The molecule has 0 aliphatic rings. The molecule has 0 atom stereocenters. The van der Waals surface area contributed by atoms with Crippen molar-refractivity contribution in [2.45, 2.75) is 40.5 Å². The van der Waals surface area contributed by atoms with Crippen LogP contribution in [0.2, 0.25) is 0 Å². The van der Waals surface area contributed by atoms with Crippen molar-refractivity contribution in [2.24, 2.45) is 5.92 Å². The van der Waals surface area contributed by atoms with Crippen molar-refractivity contribution in [3.05, 3.63) is 17.7 Å². The highest BCUT2D eigenvalue weighted by atomic mass is 16.2. The van der Waals surface area contributed by atoms with Gasteiger partial charge in [-0.25, -0.2) is 9.97 Å². The van der Waals surface area contributed by atoms with E-state index < -0.39 is 0 Å². The van der Waals surface area contributed by atoms with E-state index in [0.29, 0.717) is 29.7 Å². The first-order valence-electron chi connectivity index (χ1n) is 7.23. The summed E-state index contributed by atoms with van der Waals surface area (Å²) in [5, 5.41) is 3.16. The number of aromatic nitrogens is 2. The third kappa shape index (κ3) is 4.18. The monoisotopic (exact) mass is 278 g/mol. The van der Waals surface area contributed by atoms with Crippen LogP contribution in [0.15, 0.2) is 6.20 Å². The van der Waals surface area contributed by atoms with Crippen LogP contribution in [-0.4, -0.2) is 40.9 Å². The van der Waals surface area contributed by atoms with Crippen LogP contribution >= 0.6 is 0 Å². The molecule has 5 heteroatoms. The summed E-state index contributed by atoms with van der Waals surface area (Å²) in [4.78, 5) is 23.0. The molecule has 1 rings (SSSR count). The number of carbonyl (C=O) groups excluding carboxylic acids is 1. The Kier molecular flexibility index (Phi) is 5.92. The lowest BCUT2D eigenvalue weighted by atomic mass is 10.2. The first-order chi connectivity index (χ1) is 9.36. The SMILES string of the molecule is CCNc1cnc(C(C)C)nc1C(=O)N(C)CC(C)C. The third-order valence-electron chi connectivity index (χ3n) is 2.88. The van der Waals surface area contributed by atoms with Crippen LogP contribution in [0.4, 0.5) is 5.69 Å². The molecule has 0 unspecified atom stereocenters. The van der Waals surface area contributed by atoms with Gasteiger partial charge in [0.05, 0.1) is 11.9 Å². The number of amides is 1. The minimum atomic E-state index is -0.0565. The van der Waals surface area contributed by atoms with Gasteiger partial charge in [-0.1, -0.05) is 27.7 Å². The number of anilines is 1. The topological polar surface area (TPSA) is 58.1 Å². The van der Waals surface area contributed by atoms with E-state index in [-0.39, 0.29) is 11.8 Å². The predicted octanol–water partition coefficient (Wildman–Crippen LogP) is 2.76. The summed E-state index contributed by atoms with van der Waals surface area (Å²) in [6, 6.07) is 0. The largest absolute Gasteiger partial charge is 0.382 e. The quantitative estimate of drug-likeness (QED) is 0.869. The molecule has 1 N–H and O–H groups in total. The molecule has 1 amide bonds. The fraction of sp³-hybridized carbons (Fsp3) is 0.667. The van der Waals surface area contributed by atoms with Crippen molar-refractivity contribution in [1.82, 2.24) is 14.9 Å². The van der Waals surface area contributed by atoms with Crippen molar-refractivity contribution in [3.63, 3.8) is 0 Å². The van der Waals surface area contributed by atoms with Gasteiger partial charge in [0.25, 0.3) is 5.91 Å². The van der Waals surface area contributed by atoms with Gasteiger partial charge in [-0.15, -0.1) is 0 Å². The lowest BCUT2D eigenvalue weighted by Crippen LogP contribution is -2.32. The van der Waals surface area contributed by atoms with Crippen LogP contribution in [0.1, 0.15) is 56.8 Å². The van der Waals surface area contributed by atoms with Gasteiger partial charge in [0.15, 0.2) is 5.69 Å². The van der Waals surface area contributed by atoms with Crippen molar-refractivity contribution in [2.75, 3.05) is 25.5 Å². The van der Waals surface area contributed by atoms with Crippen LogP contribution in [0, 0.1) is 5.92 Å². The third-order valence-corrected chi connectivity index (χ3v) is 2.88. The Balaban J connectivity index is 3.11. The maximum Gasteiger partial charge on any atom is 0.274 e. The van der Waals surface area contributed by atoms with Gasteiger partial charge in [0, 0.05) is 26.1 Å². The second kappa shape index (κ2) is 7.22. The van der Waals surface area contributed by atoms with Gasteiger partial charge in [-0.05, 0) is 12.8 Å². The van der Waals surface area contributed by atoms with Crippen LogP contribution in [-0.2, 0) is 0 Å². The van der Waals surface area contributed by atoms with Crippen molar-refractivity contribution in [3.8, 4) is 0 Å². The molecule has 0 saturated heterocycles. The highest BCUT2D eigenvalue weighted by molar-refractivity contribution is 5.97. The Morgan fingerprint density at radius 1 is 1.35 bits per heavy atom. The standard InChI is InChI=1S/C15H26N4O/c1-7-16-12-8-17-14(11(4)5)18-13(12)15(20)19(6)9-10(2)3/h8,10-11,16H,7,9H2,1-6H3. The van der Waals surface area contributed by atoms with E-state index in [1.165, 1.54) is 0 Å². The molecule has 0 saturated carbocycles. The average molecular weight is 278 g/mol. The Morgan fingerprint density at radius 2 is 2.00 bits per heavy atom. The Hall–Kier alpha value is -1.65. The Labute approximate surface area is 121 Å². The summed E-state index contributed by atoms with van der Waals surface area (Å²) in [6.07, 6.45) is 1.71. The zero-order valence-electron chi connectivity index (χ0n) is 13.4. The van der Waals surface area contributed by atoms with Crippen LogP contribution in [0.3, 0.4) is 0 Å². The van der Waals surface area contributed by atoms with Crippen molar-refractivity contribution in [1.29, 1.82) is 0 Å². The summed E-state index contributed by atoms with van der Waals surface area (Å²) in [5.74, 6) is 1.28. The average Bonchev–Trinajstić information content (AvgIpc) is 2.37. The van der Waals surface area contributed by atoms with Gasteiger partial charge >= 0.3 is 0 Å². The van der Waals surface area contributed by atoms with Crippen molar-refractivity contribution >= 4 is 11.6 Å². The number of hydrogen-bond donors (Lipinski definition) is 1. The molecule has 5 nitrogen and oxygen atoms in total. The summed E-state index contributed by atoms with van der Waals surface area (Å²) in [7, 11) is 1.81. The van der Waals surface area contributed by atoms with E-state index in [4.69, 9.17) is 0 Å². The van der Waals surface area contributed by atoms with Crippen LogP contribution in [0.5, 0.6) is 0 Å². The van der Waals surface area contributed by atoms with Crippen LogP contribution < -0.4 is 5.32 Å². The molecule has 0 spiro atoms. The van der Waals surface area contributed by atoms with E-state index in [1.807, 2.05) is 27.8 Å². The van der Waals surface area contributed by atoms with Crippen LogP contribution in [0.25, 0.3) is 0 Å². The first-order valence-corrected chi connectivity index (χ1v) is 7.23. The van der Waals surface area contributed by atoms with Gasteiger partial charge in [-0.3, -0.25) is 4.79 Å². The van der Waals surface area contributed by atoms with Gasteiger partial charge in [-0.2, -0.15) is 0 Å². The fourth-order valence-corrected chi connectivity index (χ4v) is 1.97. The zero-order valence-corrected chi connectivity index (χ0v) is 13.4. The molecule has 1 heterocycles. The normalized spacial score (nSPS) is 11.0. The van der Waals surface area contributed by atoms with E-state index in [9.17, 15) is 4.79 Å². The highest BCUT2D eigenvalue weighted by Gasteiger charge is 2.20. The van der Waals surface area contributed by atoms with Gasteiger partial charge in [0.1, 0.15) is 5.82 Å². The summed E-state index contributed by atoms with van der Waals surface area (Å²) in [5.41, 5.74) is 1.17. The Morgan fingerprint density at radius 3 is 2.50 bits per heavy atom. The molecular weight excluding hydrogens is 252 g/mol. The van der Waals surface area contributed by atoms with Gasteiger partial charge < -0.3 is 10.2 Å². The first kappa shape index (κ1) is 16.4. The molecule has 0 aliphatic carbocycles. The zero-order chi connectivity index (χ0) is 15.3. The molecule has 20 heavy (non-hydrogen) atoms. The van der Waals surface area contributed by atoms with E-state index >= 15 is 0 Å². The molecule has 1 aromatic heterocycles. The minimum Gasteiger partial charge on any atom is -0.382 e. The van der Waals surface area contributed by atoms with Crippen molar-refractivity contribution < 1.29 is 4.79 Å². The highest BCUT2D eigenvalue weighted by Crippen LogP contribution is 2.18. The molecule has 0 fully saturated rings. The maximum absolute atomic E-state index is 12.5. The predicted molar refractivity (Wildman–Crippen MR) is 82.1 cm³/mol. The lowest BCUT2D eigenvalue weighted by molar-refractivity contribution is 0.0774. The fourth-order valence-electron chi connectivity index (χ4n) is 1.97. The van der Waals surface area contributed by atoms with E-state index in [0.717, 1.165) is 6.54 Å². The number of nitrogens with one attached hydrogen (secondary N) is 1. The lowest BCUT2D eigenvalue weighted by Gasteiger charge is -2.21. The van der Waals surface area contributed by atoms with E-state index in [2.05, 4.69) is 29.1 Å². The molecular formula is C15H26N4O. The number of carbonyl (C=O) groups is 1. The Bertz CT molecular complexity index is 457. The second-order valence-electron chi connectivity index (χ2n) is 5.76. The minimum absolute atomic E-state index is 0.0565. The number of nitrogens with zero attached hydrogens (tertiary/aromatic N) is 3. The van der Waals surface area contributed by atoms with Gasteiger partial charge in [0.2, 0.25) is 0 Å².